The number of rotatable bonds is 7. The maximum atomic E-state index is 11.6. The molecular formula is C15H23NO4. The Morgan fingerprint density at radius 3 is 2.65 bits per heavy atom. The van der Waals surface area contributed by atoms with Crippen molar-refractivity contribution in [3.8, 4) is 11.5 Å². The zero-order valence-corrected chi connectivity index (χ0v) is 12.2. The number of hydrogen-bond donors (Lipinski definition) is 3. The third-order valence-electron chi connectivity index (χ3n) is 2.74. The molecule has 5 heteroatoms. The highest BCUT2D eigenvalue weighted by molar-refractivity contribution is 5.77. The zero-order valence-electron chi connectivity index (χ0n) is 12.2. The average Bonchev–Trinajstić information content (AvgIpc) is 2.34. The number of aromatic hydroxyl groups is 1. The Labute approximate surface area is 119 Å². The molecule has 1 amide bonds. The third kappa shape index (κ3) is 5.93. The first-order chi connectivity index (χ1) is 9.30. The summed E-state index contributed by atoms with van der Waals surface area (Å²) in [5.74, 6) is 0.264. The molecule has 0 fully saturated rings. The van der Waals surface area contributed by atoms with Gasteiger partial charge >= 0.3 is 0 Å². The number of hydrogen-bond acceptors (Lipinski definition) is 4. The van der Waals surface area contributed by atoms with Crippen LogP contribution in [0.1, 0.15) is 27.2 Å². The molecule has 5 nitrogen and oxygen atoms in total. The molecule has 0 saturated heterocycles. The fourth-order valence-electron chi connectivity index (χ4n) is 2.01. The summed E-state index contributed by atoms with van der Waals surface area (Å²) in [5, 5.41) is 22.2. The number of carbonyl (C=O) groups is 1. The second-order valence-corrected chi connectivity index (χ2v) is 5.63. The fourth-order valence-corrected chi connectivity index (χ4v) is 2.01. The SMILES string of the molecule is CC(C)CC(C)(O)CNC(=O)COc1ccccc1O. The highest BCUT2D eigenvalue weighted by atomic mass is 16.5. The van der Waals surface area contributed by atoms with Gasteiger partial charge in [0.05, 0.1) is 5.60 Å². The van der Waals surface area contributed by atoms with E-state index in [0.29, 0.717) is 12.3 Å². The first-order valence-electron chi connectivity index (χ1n) is 6.70. The third-order valence-corrected chi connectivity index (χ3v) is 2.74. The van der Waals surface area contributed by atoms with Crippen LogP contribution in [0.15, 0.2) is 24.3 Å². The molecule has 0 bridgehead atoms. The van der Waals surface area contributed by atoms with Gasteiger partial charge in [0.15, 0.2) is 18.1 Å². The van der Waals surface area contributed by atoms with E-state index in [1.165, 1.54) is 6.07 Å². The van der Waals surface area contributed by atoms with Crippen molar-refractivity contribution in [2.75, 3.05) is 13.2 Å². The Hall–Kier alpha value is -1.75. The molecule has 1 aromatic rings. The average molecular weight is 281 g/mol. The van der Waals surface area contributed by atoms with E-state index in [2.05, 4.69) is 5.32 Å². The lowest BCUT2D eigenvalue weighted by Gasteiger charge is -2.25. The van der Waals surface area contributed by atoms with Gasteiger partial charge in [-0.05, 0) is 31.4 Å². The van der Waals surface area contributed by atoms with Crippen LogP contribution < -0.4 is 10.1 Å². The minimum Gasteiger partial charge on any atom is -0.504 e. The number of phenolic OH excluding ortho intramolecular Hbond substituents is 1. The number of benzene rings is 1. The number of aliphatic hydroxyl groups is 1. The van der Waals surface area contributed by atoms with Crippen LogP contribution in [0.3, 0.4) is 0 Å². The number of ether oxygens (including phenoxy) is 1. The smallest absolute Gasteiger partial charge is 0.258 e. The fraction of sp³-hybridized carbons (Fsp3) is 0.533. The highest BCUT2D eigenvalue weighted by Gasteiger charge is 2.22. The van der Waals surface area contributed by atoms with Crippen LogP contribution in [-0.4, -0.2) is 34.9 Å². The second kappa shape index (κ2) is 7.14. The van der Waals surface area contributed by atoms with Crippen molar-refractivity contribution in [3.05, 3.63) is 24.3 Å². The molecule has 0 aromatic heterocycles. The van der Waals surface area contributed by atoms with E-state index in [9.17, 15) is 15.0 Å². The van der Waals surface area contributed by atoms with Crippen molar-refractivity contribution in [3.63, 3.8) is 0 Å². The van der Waals surface area contributed by atoms with Gasteiger partial charge in [0.1, 0.15) is 0 Å². The van der Waals surface area contributed by atoms with Gasteiger partial charge in [-0.1, -0.05) is 26.0 Å². The summed E-state index contributed by atoms with van der Waals surface area (Å²) in [5.41, 5.74) is -0.932. The maximum absolute atomic E-state index is 11.6. The molecule has 0 spiro atoms. The molecule has 0 saturated carbocycles. The van der Waals surface area contributed by atoms with Gasteiger partial charge < -0.3 is 20.3 Å². The highest BCUT2D eigenvalue weighted by Crippen LogP contribution is 2.24. The Balaban J connectivity index is 2.36. The molecule has 1 rings (SSSR count). The van der Waals surface area contributed by atoms with Gasteiger partial charge in [-0.25, -0.2) is 0 Å². The number of carbonyl (C=O) groups excluding carboxylic acids is 1. The maximum Gasteiger partial charge on any atom is 0.258 e. The predicted octanol–water partition coefficient (Wildman–Crippen LogP) is 1.68. The monoisotopic (exact) mass is 281 g/mol. The minimum absolute atomic E-state index is 0.00731. The van der Waals surface area contributed by atoms with E-state index in [-0.39, 0.29) is 30.6 Å². The van der Waals surface area contributed by atoms with Crippen molar-refractivity contribution in [1.82, 2.24) is 5.32 Å². The summed E-state index contributed by atoms with van der Waals surface area (Å²) >= 11 is 0. The number of phenols is 1. The molecule has 0 aliphatic carbocycles. The van der Waals surface area contributed by atoms with Crippen LogP contribution in [-0.2, 0) is 4.79 Å². The molecule has 0 radical (unpaired) electrons. The topological polar surface area (TPSA) is 78.8 Å². The van der Waals surface area contributed by atoms with Crippen LogP contribution in [0.2, 0.25) is 0 Å². The normalized spacial score (nSPS) is 13.8. The van der Waals surface area contributed by atoms with E-state index in [1.54, 1.807) is 25.1 Å². The number of para-hydroxylation sites is 2. The molecule has 0 aliphatic rings. The lowest BCUT2D eigenvalue weighted by molar-refractivity contribution is -0.124. The van der Waals surface area contributed by atoms with Crippen molar-refractivity contribution in [1.29, 1.82) is 0 Å². The quantitative estimate of drug-likeness (QED) is 0.710. The van der Waals surface area contributed by atoms with E-state index < -0.39 is 5.60 Å². The van der Waals surface area contributed by atoms with Crippen molar-refractivity contribution in [2.24, 2.45) is 5.92 Å². The van der Waals surface area contributed by atoms with Crippen molar-refractivity contribution < 1.29 is 19.7 Å². The molecule has 1 aromatic carbocycles. The summed E-state index contributed by atoms with van der Waals surface area (Å²) in [6, 6.07) is 6.45. The summed E-state index contributed by atoms with van der Waals surface area (Å²) in [6.07, 6.45) is 0.605. The van der Waals surface area contributed by atoms with Crippen LogP contribution in [0, 0.1) is 5.92 Å². The predicted molar refractivity (Wildman–Crippen MR) is 76.7 cm³/mol. The number of nitrogens with one attached hydrogen (secondary N) is 1. The van der Waals surface area contributed by atoms with E-state index in [0.717, 1.165) is 0 Å². The largest absolute Gasteiger partial charge is 0.504 e. The Kier molecular flexibility index (Phi) is 5.82. The Morgan fingerprint density at radius 1 is 1.40 bits per heavy atom. The first kappa shape index (κ1) is 16.3. The van der Waals surface area contributed by atoms with Gasteiger partial charge in [-0.15, -0.1) is 0 Å². The summed E-state index contributed by atoms with van der Waals surface area (Å²) < 4.78 is 5.20. The molecule has 0 aliphatic heterocycles. The van der Waals surface area contributed by atoms with Gasteiger partial charge in [0, 0.05) is 6.54 Å². The molecule has 20 heavy (non-hydrogen) atoms. The Morgan fingerprint density at radius 2 is 2.05 bits per heavy atom. The molecule has 0 heterocycles. The summed E-state index contributed by atoms with van der Waals surface area (Å²) in [7, 11) is 0. The van der Waals surface area contributed by atoms with Crippen LogP contribution >= 0.6 is 0 Å². The van der Waals surface area contributed by atoms with Crippen LogP contribution in [0.4, 0.5) is 0 Å². The Bertz CT molecular complexity index is 443. The van der Waals surface area contributed by atoms with Crippen molar-refractivity contribution >= 4 is 5.91 Å². The van der Waals surface area contributed by atoms with E-state index in [1.807, 2.05) is 13.8 Å². The summed E-state index contributed by atoms with van der Waals surface area (Å²) in [4.78, 5) is 11.6. The van der Waals surface area contributed by atoms with Crippen LogP contribution in [0.25, 0.3) is 0 Å². The molecule has 112 valence electrons. The molecule has 1 atom stereocenters. The van der Waals surface area contributed by atoms with Gasteiger partial charge in [0.2, 0.25) is 0 Å². The molecule has 3 N–H and O–H groups in total. The lowest BCUT2D eigenvalue weighted by atomic mass is 9.94. The molecule has 1 unspecified atom stereocenters. The van der Waals surface area contributed by atoms with Gasteiger partial charge in [-0.2, -0.15) is 0 Å². The van der Waals surface area contributed by atoms with Gasteiger partial charge in [0.25, 0.3) is 5.91 Å². The van der Waals surface area contributed by atoms with Crippen LogP contribution in [0.5, 0.6) is 11.5 Å². The standard InChI is InChI=1S/C15H23NO4/c1-11(2)8-15(3,19)10-16-14(18)9-20-13-7-5-4-6-12(13)17/h4-7,11,17,19H,8-10H2,1-3H3,(H,16,18). The lowest BCUT2D eigenvalue weighted by Crippen LogP contribution is -2.43. The van der Waals surface area contributed by atoms with Crippen molar-refractivity contribution in [2.45, 2.75) is 32.8 Å². The molecular weight excluding hydrogens is 258 g/mol. The first-order valence-corrected chi connectivity index (χ1v) is 6.70. The number of amides is 1. The van der Waals surface area contributed by atoms with Gasteiger partial charge in [-0.3, -0.25) is 4.79 Å². The second-order valence-electron chi connectivity index (χ2n) is 5.63. The zero-order chi connectivity index (χ0) is 15.2. The van der Waals surface area contributed by atoms with E-state index in [4.69, 9.17) is 4.74 Å². The van der Waals surface area contributed by atoms with E-state index >= 15 is 0 Å². The summed E-state index contributed by atoms with van der Waals surface area (Å²) in [6.45, 7) is 5.69. The minimum atomic E-state index is -0.932.